The van der Waals surface area contributed by atoms with Crippen molar-refractivity contribution in [2.24, 2.45) is 0 Å². The van der Waals surface area contributed by atoms with Crippen LogP contribution < -0.4 is 5.32 Å². The molecule has 0 saturated carbocycles. The highest BCUT2D eigenvalue weighted by atomic mass is 16.5. The summed E-state index contributed by atoms with van der Waals surface area (Å²) in [5.41, 5.74) is 0.558. The predicted octanol–water partition coefficient (Wildman–Crippen LogP) is 1.44. The molecule has 0 radical (unpaired) electrons. The monoisotopic (exact) mass is 251 g/mol. The first-order chi connectivity index (χ1) is 8.62. The van der Waals surface area contributed by atoms with Crippen LogP contribution in [0.5, 0.6) is 0 Å². The van der Waals surface area contributed by atoms with E-state index in [1.165, 1.54) is 7.11 Å². The molecular formula is C14H21NO3. The van der Waals surface area contributed by atoms with Crippen LogP contribution in [0, 0.1) is 0 Å². The number of benzene rings is 1. The van der Waals surface area contributed by atoms with Crippen molar-refractivity contribution in [1.82, 2.24) is 5.32 Å². The number of carbonyl (C=O) groups is 1. The average molecular weight is 251 g/mol. The third kappa shape index (κ3) is 4.13. The Morgan fingerprint density at radius 3 is 2.61 bits per heavy atom. The lowest BCUT2D eigenvalue weighted by atomic mass is 9.93. The molecule has 1 aromatic carbocycles. The summed E-state index contributed by atoms with van der Waals surface area (Å²) < 4.78 is 4.58. The van der Waals surface area contributed by atoms with Gasteiger partial charge in [0.25, 0.3) is 0 Å². The van der Waals surface area contributed by atoms with Crippen molar-refractivity contribution >= 4 is 5.97 Å². The van der Waals surface area contributed by atoms with E-state index in [0.29, 0.717) is 19.4 Å². The van der Waals surface area contributed by atoms with Crippen molar-refractivity contribution in [1.29, 1.82) is 0 Å². The number of aliphatic hydroxyl groups excluding tert-OH is 1. The molecule has 1 atom stereocenters. The summed E-state index contributed by atoms with van der Waals surface area (Å²) in [6.45, 7) is 2.61. The van der Waals surface area contributed by atoms with Gasteiger partial charge in [-0.3, -0.25) is 4.79 Å². The van der Waals surface area contributed by atoms with Crippen LogP contribution in [0.25, 0.3) is 0 Å². The molecule has 4 nitrogen and oxygen atoms in total. The van der Waals surface area contributed by atoms with Crippen LogP contribution in [0.1, 0.15) is 25.3 Å². The maximum absolute atomic E-state index is 11.0. The van der Waals surface area contributed by atoms with E-state index >= 15 is 0 Å². The van der Waals surface area contributed by atoms with Gasteiger partial charge >= 0.3 is 5.97 Å². The summed E-state index contributed by atoms with van der Waals surface area (Å²) in [7, 11) is 1.39. The zero-order valence-corrected chi connectivity index (χ0v) is 11.0. The lowest BCUT2D eigenvalue weighted by Gasteiger charge is -2.29. The molecule has 0 fully saturated rings. The Kier molecular flexibility index (Phi) is 5.82. The minimum absolute atomic E-state index is 0.00916. The molecule has 0 spiro atoms. The standard InChI is InChI=1S/C14H21NO3/c1-14(11-16,12-7-4-3-5-8-12)15-10-6-9-13(17)18-2/h3-5,7-8,15-16H,6,9-11H2,1-2H3. The van der Waals surface area contributed by atoms with Gasteiger partial charge in [-0.25, -0.2) is 0 Å². The largest absolute Gasteiger partial charge is 0.469 e. The fourth-order valence-corrected chi connectivity index (χ4v) is 1.75. The van der Waals surface area contributed by atoms with Crippen LogP contribution in [0.4, 0.5) is 0 Å². The van der Waals surface area contributed by atoms with Gasteiger partial charge in [0.05, 0.1) is 19.3 Å². The second-order valence-corrected chi connectivity index (χ2v) is 4.46. The molecule has 2 N–H and O–H groups in total. The molecule has 0 amide bonds. The quantitative estimate of drug-likeness (QED) is 0.568. The number of esters is 1. The van der Waals surface area contributed by atoms with Crippen molar-refractivity contribution in [2.75, 3.05) is 20.3 Å². The molecule has 0 saturated heterocycles. The fourth-order valence-electron chi connectivity index (χ4n) is 1.75. The van der Waals surface area contributed by atoms with Crippen molar-refractivity contribution in [2.45, 2.75) is 25.3 Å². The van der Waals surface area contributed by atoms with Crippen molar-refractivity contribution in [3.05, 3.63) is 35.9 Å². The maximum Gasteiger partial charge on any atom is 0.305 e. The number of hydrogen-bond donors (Lipinski definition) is 2. The summed E-state index contributed by atoms with van der Waals surface area (Å²) in [4.78, 5) is 11.0. The Labute approximate surface area is 108 Å². The molecule has 0 heterocycles. The van der Waals surface area contributed by atoms with Crippen molar-refractivity contribution < 1.29 is 14.6 Å². The van der Waals surface area contributed by atoms with Gasteiger partial charge in [-0.1, -0.05) is 30.3 Å². The molecule has 1 rings (SSSR count). The van der Waals surface area contributed by atoms with Crippen molar-refractivity contribution in [3.63, 3.8) is 0 Å². The van der Waals surface area contributed by atoms with Crippen LogP contribution in [0.2, 0.25) is 0 Å². The first-order valence-corrected chi connectivity index (χ1v) is 6.10. The van der Waals surface area contributed by atoms with Gasteiger partial charge in [0.1, 0.15) is 0 Å². The Hall–Kier alpha value is -1.39. The van der Waals surface area contributed by atoms with Gasteiger partial charge in [-0.05, 0) is 25.5 Å². The summed E-state index contributed by atoms with van der Waals surface area (Å²) in [5.74, 6) is -0.206. The van der Waals surface area contributed by atoms with Crippen LogP contribution >= 0.6 is 0 Å². The fraction of sp³-hybridized carbons (Fsp3) is 0.500. The number of rotatable bonds is 7. The van der Waals surface area contributed by atoms with E-state index in [-0.39, 0.29) is 12.6 Å². The van der Waals surface area contributed by atoms with Gasteiger partial charge < -0.3 is 15.2 Å². The molecule has 0 bridgehead atoms. The molecule has 1 aromatic rings. The molecule has 100 valence electrons. The highest BCUT2D eigenvalue weighted by molar-refractivity contribution is 5.69. The minimum Gasteiger partial charge on any atom is -0.469 e. The molecular weight excluding hydrogens is 230 g/mol. The summed E-state index contributed by atoms with van der Waals surface area (Å²) in [6.07, 6.45) is 1.08. The molecule has 4 heteroatoms. The Balaban J connectivity index is 2.49. The van der Waals surface area contributed by atoms with E-state index in [1.807, 2.05) is 37.3 Å². The van der Waals surface area contributed by atoms with E-state index in [4.69, 9.17) is 0 Å². The average Bonchev–Trinajstić information content (AvgIpc) is 2.44. The third-order valence-corrected chi connectivity index (χ3v) is 3.03. The Morgan fingerprint density at radius 1 is 1.39 bits per heavy atom. The zero-order chi connectivity index (χ0) is 13.4. The van der Waals surface area contributed by atoms with Gasteiger partial charge in [-0.2, -0.15) is 0 Å². The normalized spacial score (nSPS) is 13.9. The van der Waals surface area contributed by atoms with Gasteiger partial charge in [0, 0.05) is 6.42 Å². The summed E-state index contributed by atoms with van der Waals surface area (Å²) in [6, 6.07) is 9.78. The van der Waals surface area contributed by atoms with Gasteiger partial charge in [0.2, 0.25) is 0 Å². The SMILES string of the molecule is COC(=O)CCCNC(C)(CO)c1ccccc1. The number of carbonyl (C=O) groups excluding carboxylic acids is 1. The number of nitrogens with one attached hydrogen (secondary N) is 1. The number of methoxy groups -OCH3 is 1. The molecule has 1 unspecified atom stereocenters. The topological polar surface area (TPSA) is 58.6 Å². The first kappa shape index (κ1) is 14.7. The number of hydrogen-bond acceptors (Lipinski definition) is 4. The Morgan fingerprint density at radius 2 is 2.06 bits per heavy atom. The third-order valence-electron chi connectivity index (χ3n) is 3.03. The molecule has 0 aliphatic rings. The molecule has 0 aliphatic heterocycles. The highest BCUT2D eigenvalue weighted by Crippen LogP contribution is 2.19. The van der Waals surface area contributed by atoms with Crippen LogP contribution in [-0.4, -0.2) is 31.3 Å². The highest BCUT2D eigenvalue weighted by Gasteiger charge is 2.24. The van der Waals surface area contributed by atoms with E-state index in [0.717, 1.165) is 5.56 Å². The lowest BCUT2D eigenvalue weighted by Crippen LogP contribution is -2.43. The zero-order valence-electron chi connectivity index (χ0n) is 11.0. The second kappa shape index (κ2) is 7.13. The van der Waals surface area contributed by atoms with E-state index < -0.39 is 5.54 Å². The maximum atomic E-state index is 11.0. The lowest BCUT2D eigenvalue weighted by molar-refractivity contribution is -0.140. The van der Waals surface area contributed by atoms with Crippen molar-refractivity contribution in [3.8, 4) is 0 Å². The van der Waals surface area contributed by atoms with E-state index in [9.17, 15) is 9.90 Å². The summed E-state index contributed by atoms with van der Waals surface area (Å²) >= 11 is 0. The van der Waals surface area contributed by atoms with Crippen LogP contribution in [-0.2, 0) is 15.1 Å². The molecule has 0 aromatic heterocycles. The smallest absolute Gasteiger partial charge is 0.305 e. The molecule has 0 aliphatic carbocycles. The molecule has 18 heavy (non-hydrogen) atoms. The summed E-state index contributed by atoms with van der Waals surface area (Å²) in [5, 5.41) is 12.8. The van der Waals surface area contributed by atoms with E-state index in [2.05, 4.69) is 10.1 Å². The van der Waals surface area contributed by atoms with Crippen LogP contribution in [0.3, 0.4) is 0 Å². The number of ether oxygens (including phenoxy) is 1. The van der Waals surface area contributed by atoms with Gasteiger partial charge in [0.15, 0.2) is 0 Å². The first-order valence-electron chi connectivity index (χ1n) is 6.10. The van der Waals surface area contributed by atoms with E-state index in [1.54, 1.807) is 0 Å². The Bertz CT molecular complexity index is 367. The van der Waals surface area contributed by atoms with Crippen LogP contribution in [0.15, 0.2) is 30.3 Å². The van der Waals surface area contributed by atoms with Gasteiger partial charge in [-0.15, -0.1) is 0 Å². The predicted molar refractivity (Wildman–Crippen MR) is 70.1 cm³/mol. The number of aliphatic hydroxyl groups is 1. The minimum atomic E-state index is -0.475. The second-order valence-electron chi connectivity index (χ2n) is 4.46.